The minimum Gasteiger partial charge on any atom is -0.134 e. The van der Waals surface area contributed by atoms with E-state index in [9.17, 15) is 0 Å². The quantitative estimate of drug-likeness (QED) is 0.172. The molecule has 8 aromatic carbocycles. The van der Waals surface area contributed by atoms with Gasteiger partial charge >= 0.3 is 0 Å². The molecule has 9 aromatic rings. The summed E-state index contributed by atoms with van der Waals surface area (Å²) in [4.78, 5) is 0. The fourth-order valence-corrected chi connectivity index (χ4v) is 9.22. The molecule has 0 spiro atoms. The van der Waals surface area contributed by atoms with Gasteiger partial charge in [0.15, 0.2) is 0 Å². The second kappa shape index (κ2) is 10.8. The molecule has 1 heterocycles. The topological polar surface area (TPSA) is 0 Å². The zero-order chi connectivity index (χ0) is 31.8. The molecule has 47 heavy (non-hydrogen) atoms. The maximum Gasteiger partial charge on any atom is 0.0434 e. The van der Waals surface area contributed by atoms with Gasteiger partial charge in [0, 0.05) is 20.2 Å². The highest BCUT2D eigenvalue weighted by Crippen LogP contribution is 2.45. The van der Waals surface area contributed by atoms with E-state index in [1.807, 2.05) is 11.3 Å². The number of thiophene rings is 1. The van der Waals surface area contributed by atoms with E-state index in [4.69, 9.17) is 0 Å². The van der Waals surface area contributed by atoms with Crippen LogP contribution in [0.25, 0.3) is 85.5 Å². The fourth-order valence-electron chi connectivity index (χ4n) is 7.85. The van der Waals surface area contributed by atoms with Crippen LogP contribution >= 0.6 is 11.3 Å². The van der Waals surface area contributed by atoms with Crippen molar-refractivity contribution >= 4 is 74.6 Å². The Morgan fingerprint density at radius 2 is 0.766 bits per heavy atom. The molecule has 1 heteroatoms. The summed E-state index contributed by atoms with van der Waals surface area (Å²) in [5, 5.41) is 13.4. The van der Waals surface area contributed by atoms with E-state index in [1.165, 1.54) is 96.6 Å². The third kappa shape index (κ3) is 4.41. The summed E-state index contributed by atoms with van der Waals surface area (Å²) in [6, 6.07) is 50.4. The van der Waals surface area contributed by atoms with Crippen LogP contribution in [-0.2, 0) is 0 Å². The molecule has 0 saturated carbocycles. The van der Waals surface area contributed by atoms with Crippen LogP contribution in [0, 0.1) is 0 Å². The number of hydrogen-bond donors (Lipinski definition) is 0. The number of fused-ring (bicyclic) bond motifs is 9. The Labute approximate surface area is 279 Å². The molecule has 0 aliphatic heterocycles. The normalized spacial score (nSPS) is 12.2. The van der Waals surface area contributed by atoms with Crippen molar-refractivity contribution in [3.05, 3.63) is 145 Å². The Bertz CT molecular complexity index is 2500. The first-order valence-electron chi connectivity index (χ1n) is 16.8. The standard InChI is InChI=1S/C46H36S/c1-27(2)43-25-31-23-29(19-21-33(31)37-11-5-7-13-39(37)43)35-15-9-17-41-42-18-10-16-36(46(42)47-45(35)41)30-20-22-34-32(24-30)26-44(28(3)4)40-14-8-6-12-38(34)40/h5-28H,1-4H3. The predicted octanol–water partition coefficient (Wildman–Crippen LogP) is 14.2. The second-order valence-corrected chi connectivity index (χ2v) is 14.7. The molecule has 0 aliphatic carbocycles. The van der Waals surface area contributed by atoms with E-state index in [1.54, 1.807) is 0 Å². The molecule has 0 bridgehead atoms. The van der Waals surface area contributed by atoms with Crippen molar-refractivity contribution in [1.29, 1.82) is 0 Å². The van der Waals surface area contributed by atoms with Gasteiger partial charge in [0.1, 0.15) is 0 Å². The maximum atomic E-state index is 2.42. The lowest BCUT2D eigenvalue weighted by Gasteiger charge is -2.14. The molecule has 9 rings (SSSR count). The van der Waals surface area contributed by atoms with Gasteiger partial charge in [-0.1, -0.05) is 149 Å². The van der Waals surface area contributed by atoms with Crippen molar-refractivity contribution < 1.29 is 0 Å². The van der Waals surface area contributed by atoms with E-state index >= 15 is 0 Å². The predicted molar refractivity (Wildman–Crippen MR) is 208 cm³/mol. The van der Waals surface area contributed by atoms with Gasteiger partial charge in [-0.2, -0.15) is 0 Å². The van der Waals surface area contributed by atoms with Crippen LogP contribution in [0.3, 0.4) is 0 Å². The van der Waals surface area contributed by atoms with E-state index in [-0.39, 0.29) is 0 Å². The van der Waals surface area contributed by atoms with Gasteiger partial charge in [-0.05, 0) is 100 Å². The first-order valence-corrected chi connectivity index (χ1v) is 17.6. The van der Waals surface area contributed by atoms with Crippen molar-refractivity contribution in [2.24, 2.45) is 0 Å². The first-order chi connectivity index (χ1) is 23.0. The molecule has 0 aliphatic rings. The Morgan fingerprint density at radius 3 is 1.19 bits per heavy atom. The Balaban J connectivity index is 1.23. The zero-order valence-corrected chi connectivity index (χ0v) is 28.1. The minimum absolute atomic E-state index is 0.461. The van der Waals surface area contributed by atoms with Crippen LogP contribution in [0.2, 0.25) is 0 Å². The zero-order valence-electron chi connectivity index (χ0n) is 27.3. The van der Waals surface area contributed by atoms with Crippen LogP contribution in [0.15, 0.2) is 133 Å². The van der Waals surface area contributed by atoms with E-state index in [0.29, 0.717) is 11.8 Å². The molecule has 0 radical (unpaired) electrons. The van der Waals surface area contributed by atoms with Gasteiger partial charge in [0.05, 0.1) is 0 Å². The highest BCUT2D eigenvalue weighted by Gasteiger charge is 2.17. The average Bonchev–Trinajstić information content (AvgIpc) is 3.49. The van der Waals surface area contributed by atoms with Crippen LogP contribution in [0.4, 0.5) is 0 Å². The Morgan fingerprint density at radius 1 is 0.362 bits per heavy atom. The largest absolute Gasteiger partial charge is 0.134 e. The van der Waals surface area contributed by atoms with Gasteiger partial charge in [-0.15, -0.1) is 11.3 Å². The van der Waals surface area contributed by atoms with Gasteiger partial charge in [0.2, 0.25) is 0 Å². The monoisotopic (exact) mass is 620 g/mol. The van der Waals surface area contributed by atoms with E-state index in [0.717, 1.165) is 0 Å². The summed E-state index contributed by atoms with van der Waals surface area (Å²) in [6.07, 6.45) is 0. The van der Waals surface area contributed by atoms with Crippen molar-refractivity contribution in [2.75, 3.05) is 0 Å². The van der Waals surface area contributed by atoms with Crippen LogP contribution in [0.1, 0.15) is 50.7 Å². The molecular formula is C46H36S. The molecule has 1 aromatic heterocycles. The third-order valence-electron chi connectivity index (χ3n) is 10.2. The molecule has 0 fully saturated rings. The van der Waals surface area contributed by atoms with Crippen LogP contribution in [-0.4, -0.2) is 0 Å². The molecule has 0 amide bonds. The summed E-state index contributed by atoms with van der Waals surface area (Å²) in [5.41, 5.74) is 8.00. The maximum absolute atomic E-state index is 2.42. The molecule has 0 nitrogen and oxygen atoms in total. The molecule has 0 N–H and O–H groups in total. The number of hydrogen-bond acceptors (Lipinski definition) is 1. The molecule has 0 unspecified atom stereocenters. The first kappa shape index (κ1) is 28.3. The van der Waals surface area contributed by atoms with Crippen molar-refractivity contribution in [2.45, 2.75) is 39.5 Å². The lowest BCUT2D eigenvalue weighted by molar-refractivity contribution is 0.878. The van der Waals surface area contributed by atoms with Crippen LogP contribution < -0.4 is 0 Å². The van der Waals surface area contributed by atoms with Crippen molar-refractivity contribution in [3.8, 4) is 22.3 Å². The number of rotatable bonds is 4. The van der Waals surface area contributed by atoms with Crippen LogP contribution in [0.5, 0.6) is 0 Å². The van der Waals surface area contributed by atoms with Gasteiger partial charge in [-0.25, -0.2) is 0 Å². The van der Waals surface area contributed by atoms with Gasteiger partial charge < -0.3 is 0 Å². The SMILES string of the molecule is CC(C)c1cc2cc(-c3cccc4c3sc3c(-c5ccc6c(c5)cc(C(C)C)c5ccccc56)cccc34)ccc2c2ccccc12. The molecule has 0 atom stereocenters. The highest BCUT2D eigenvalue weighted by atomic mass is 32.1. The van der Waals surface area contributed by atoms with Crippen molar-refractivity contribution in [3.63, 3.8) is 0 Å². The smallest absolute Gasteiger partial charge is 0.0434 e. The van der Waals surface area contributed by atoms with Gasteiger partial charge in [0.25, 0.3) is 0 Å². The summed E-state index contributed by atoms with van der Waals surface area (Å²) in [7, 11) is 0. The summed E-state index contributed by atoms with van der Waals surface area (Å²) >= 11 is 1.94. The summed E-state index contributed by atoms with van der Waals surface area (Å²) in [6.45, 7) is 9.20. The van der Waals surface area contributed by atoms with Gasteiger partial charge in [-0.3, -0.25) is 0 Å². The average molecular weight is 621 g/mol. The molecule has 0 saturated heterocycles. The summed E-state index contributed by atoms with van der Waals surface area (Å²) < 4.78 is 2.71. The van der Waals surface area contributed by atoms with E-state index < -0.39 is 0 Å². The third-order valence-corrected chi connectivity index (χ3v) is 11.5. The fraction of sp³-hybridized carbons (Fsp3) is 0.130. The lowest BCUT2D eigenvalue weighted by Crippen LogP contribution is -1.91. The Hall–Kier alpha value is -4.98. The highest BCUT2D eigenvalue weighted by molar-refractivity contribution is 7.26. The number of benzene rings is 8. The molecular weight excluding hydrogens is 585 g/mol. The van der Waals surface area contributed by atoms with Crippen molar-refractivity contribution in [1.82, 2.24) is 0 Å². The second-order valence-electron chi connectivity index (χ2n) is 13.7. The minimum atomic E-state index is 0.461. The lowest BCUT2D eigenvalue weighted by atomic mass is 9.90. The molecule has 226 valence electrons. The summed E-state index contributed by atoms with van der Waals surface area (Å²) in [5.74, 6) is 0.923. The Kier molecular flexibility index (Phi) is 6.49. The van der Waals surface area contributed by atoms with E-state index in [2.05, 4.69) is 161 Å².